The van der Waals surface area contributed by atoms with Crippen molar-refractivity contribution in [2.75, 3.05) is 5.32 Å². The van der Waals surface area contributed by atoms with Crippen LogP contribution < -0.4 is 5.32 Å². The molecule has 0 aliphatic rings. The number of hydrogen-bond acceptors (Lipinski definition) is 6. The fraction of sp³-hybridized carbons (Fsp3) is 0. The maximum Gasteiger partial charge on any atom is 0.224 e. The Kier molecular flexibility index (Phi) is 4.20. The second kappa shape index (κ2) is 7.14. The Balaban J connectivity index is 1.67. The highest BCUT2D eigenvalue weighted by molar-refractivity contribution is 7.12. The summed E-state index contributed by atoms with van der Waals surface area (Å²) in [5, 5.41) is 6.02. The van der Waals surface area contributed by atoms with Crippen molar-refractivity contribution in [2.24, 2.45) is 0 Å². The van der Waals surface area contributed by atoms with Gasteiger partial charge in [0.2, 0.25) is 11.6 Å². The first kappa shape index (κ1) is 17.0. The van der Waals surface area contributed by atoms with E-state index in [0.29, 0.717) is 11.6 Å². The molecule has 0 aliphatic heterocycles. The van der Waals surface area contributed by atoms with Gasteiger partial charge >= 0.3 is 0 Å². The Morgan fingerprint density at radius 3 is 2.55 bits per heavy atom. The number of thiazole rings is 1. The Bertz CT molecular complexity index is 1320. The second-order valence-corrected chi connectivity index (χ2v) is 7.06. The van der Waals surface area contributed by atoms with E-state index in [4.69, 9.17) is 6.57 Å². The van der Waals surface area contributed by atoms with Gasteiger partial charge in [0.15, 0.2) is 5.13 Å². The number of aromatic nitrogens is 5. The smallest absolute Gasteiger partial charge is 0.224 e. The Labute approximate surface area is 170 Å². The van der Waals surface area contributed by atoms with Crippen LogP contribution in [0.5, 0.6) is 0 Å². The third-order valence-electron chi connectivity index (χ3n) is 4.39. The first-order valence-corrected chi connectivity index (χ1v) is 9.63. The molecular formula is C21H13N7S. The van der Waals surface area contributed by atoms with E-state index in [9.17, 15) is 0 Å². The van der Waals surface area contributed by atoms with Crippen LogP contribution in [0.1, 0.15) is 0 Å². The summed E-state index contributed by atoms with van der Waals surface area (Å²) in [5.41, 5.74) is 5.11. The van der Waals surface area contributed by atoms with Gasteiger partial charge in [-0.05, 0) is 17.7 Å². The number of benzene rings is 2. The summed E-state index contributed by atoms with van der Waals surface area (Å²) < 4.78 is 1.97. The molecule has 0 radical (unpaired) electrons. The highest BCUT2D eigenvalue weighted by Gasteiger charge is 2.14. The minimum atomic E-state index is 0.401. The third-order valence-corrected chi connectivity index (χ3v) is 5.16. The van der Waals surface area contributed by atoms with Crippen LogP contribution >= 0.6 is 11.3 Å². The molecule has 0 aliphatic carbocycles. The van der Waals surface area contributed by atoms with E-state index in [2.05, 4.69) is 42.2 Å². The molecule has 5 aromatic rings. The fourth-order valence-electron chi connectivity index (χ4n) is 3.09. The van der Waals surface area contributed by atoms with E-state index in [-0.39, 0.29) is 0 Å². The van der Waals surface area contributed by atoms with Gasteiger partial charge in [0, 0.05) is 35.2 Å². The van der Waals surface area contributed by atoms with Gasteiger partial charge in [-0.1, -0.05) is 30.3 Å². The number of imidazole rings is 1. The minimum Gasteiger partial charge on any atom is -0.324 e. The summed E-state index contributed by atoms with van der Waals surface area (Å²) >= 11 is 1.55. The van der Waals surface area contributed by atoms with Crippen LogP contribution in [0.2, 0.25) is 0 Å². The van der Waals surface area contributed by atoms with Crippen molar-refractivity contribution in [1.82, 2.24) is 24.5 Å². The predicted octanol–water partition coefficient (Wildman–Crippen LogP) is 5.23. The summed E-state index contributed by atoms with van der Waals surface area (Å²) in [6.45, 7) is 7.03. The van der Waals surface area contributed by atoms with E-state index in [0.717, 1.165) is 33.0 Å². The van der Waals surface area contributed by atoms with Crippen molar-refractivity contribution >= 4 is 39.7 Å². The van der Waals surface area contributed by atoms with Crippen LogP contribution in [0.15, 0.2) is 72.8 Å². The number of nitrogens with zero attached hydrogens (tertiary/aromatic N) is 6. The van der Waals surface area contributed by atoms with Crippen molar-refractivity contribution in [3.05, 3.63) is 84.2 Å². The highest BCUT2D eigenvalue weighted by Crippen LogP contribution is 2.33. The Morgan fingerprint density at radius 1 is 1.00 bits per heavy atom. The SMILES string of the molecule is [C-]#[N+]c1cnc(Nc2cc(-c3ccccc3)c3ncn(-c4nccs4)c3c2)nc1. The van der Waals surface area contributed by atoms with Crippen molar-refractivity contribution in [1.29, 1.82) is 0 Å². The number of anilines is 2. The van der Waals surface area contributed by atoms with Crippen LogP contribution in [-0.2, 0) is 0 Å². The molecule has 8 heteroatoms. The van der Waals surface area contributed by atoms with Gasteiger partial charge in [-0.2, -0.15) is 0 Å². The molecule has 29 heavy (non-hydrogen) atoms. The van der Waals surface area contributed by atoms with E-state index < -0.39 is 0 Å². The van der Waals surface area contributed by atoms with Gasteiger partial charge in [0.05, 0.1) is 17.6 Å². The van der Waals surface area contributed by atoms with E-state index in [1.807, 2.05) is 40.3 Å². The minimum absolute atomic E-state index is 0.401. The quantitative estimate of drug-likeness (QED) is 0.422. The molecule has 2 aromatic carbocycles. The molecule has 7 nitrogen and oxygen atoms in total. The molecule has 3 aromatic heterocycles. The van der Waals surface area contributed by atoms with Crippen LogP contribution in [0.3, 0.4) is 0 Å². The third kappa shape index (κ3) is 3.20. The Morgan fingerprint density at radius 2 is 1.83 bits per heavy atom. The molecule has 0 bridgehead atoms. The molecule has 0 saturated heterocycles. The molecule has 5 rings (SSSR count). The lowest BCUT2D eigenvalue weighted by Crippen LogP contribution is -1.98. The average molecular weight is 395 g/mol. The van der Waals surface area contributed by atoms with E-state index in [1.165, 1.54) is 12.4 Å². The zero-order valence-corrected chi connectivity index (χ0v) is 15.8. The zero-order valence-electron chi connectivity index (χ0n) is 15.0. The molecule has 3 heterocycles. The second-order valence-electron chi connectivity index (χ2n) is 6.19. The molecule has 0 unspecified atom stereocenters. The average Bonchev–Trinajstić information content (AvgIpc) is 3.44. The summed E-state index contributed by atoms with van der Waals surface area (Å²) in [6.07, 6.45) is 6.57. The lowest BCUT2D eigenvalue weighted by atomic mass is 10.0. The molecule has 138 valence electrons. The van der Waals surface area contributed by atoms with Gasteiger partial charge in [-0.25, -0.2) is 24.8 Å². The maximum atomic E-state index is 7.03. The van der Waals surface area contributed by atoms with Crippen LogP contribution in [0, 0.1) is 6.57 Å². The van der Waals surface area contributed by atoms with Crippen molar-refractivity contribution in [2.45, 2.75) is 0 Å². The number of nitrogens with one attached hydrogen (secondary N) is 1. The lowest BCUT2D eigenvalue weighted by Gasteiger charge is -2.10. The summed E-state index contributed by atoms with van der Waals surface area (Å²) in [4.78, 5) is 20.8. The maximum absolute atomic E-state index is 7.03. The van der Waals surface area contributed by atoms with E-state index in [1.54, 1.807) is 23.9 Å². The van der Waals surface area contributed by atoms with Crippen LogP contribution in [-0.4, -0.2) is 24.5 Å². The van der Waals surface area contributed by atoms with Gasteiger partial charge < -0.3 is 5.32 Å². The topological polar surface area (TPSA) is 72.9 Å². The summed E-state index contributed by atoms with van der Waals surface area (Å²) in [5.74, 6) is 0.427. The van der Waals surface area contributed by atoms with Crippen LogP contribution in [0.4, 0.5) is 17.3 Å². The molecule has 0 spiro atoms. The first-order valence-electron chi connectivity index (χ1n) is 8.75. The van der Waals surface area contributed by atoms with Gasteiger partial charge in [-0.15, -0.1) is 11.3 Å². The first-order chi connectivity index (χ1) is 14.3. The van der Waals surface area contributed by atoms with Crippen molar-refractivity contribution in [3.63, 3.8) is 0 Å². The zero-order chi connectivity index (χ0) is 19.6. The van der Waals surface area contributed by atoms with Gasteiger partial charge in [0.25, 0.3) is 0 Å². The standard InChI is InChI=1S/C21H13N7S/c1-22-16-11-24-20(25-12-16)27-15-9-17(14-5-3-2-4-6-14)19-18(10-15)28(13-26-19)21-23-7-8-29-21/h2-13H,(H,24,25,27). The van der Waals surface area contributed by atoms with Gasteiger partial charge in [-0.3, -0.25) is 4.57 Å². The molecule has 1 N–H and O–H groups in total. The number of hydrogen-bond donors (Lipinski definition) is 1. The van der Waals surface area contributed by atoms with Gasteiger partial charge in [0.1, 0.15) is 6.33 Å². The summed E-state index contributed by atoms with van der Waals surface area (Å²) in [6, 6.07) is 14.1. The van der Waals surface area contributed by atoms with Crippen molar-refractivity contribution < 1.29 is 0 Å². The normalized spacial score (nSPS) is 10.7. The molecule has 0 saturated carbocycles. The largest absolute Gasteiger partial charge is 0.324 e. The summed E-state index contributed by atoms with van der Waals surface area (Å²) in [7, 11) is 0. The molecule has 0 fully saturated rings. The number of fused-ring (bicyclic) bond motifs is 1. The molecule has 0 amide bonds. The lowest BCUT2D eigenvalue weighted by molar-refractivity contribution is 1.06. The monoisotopic (exact) mass is 395 g/mol. The molecular weight excluding hydrogens is 382 g/mol. The number of rotatable bonds is 4. The molecule has 0 atom stereocenters. The fourth-order valence-corrected chi connectivity index (χ4v) is 3.71. The van der Waals surface area contributed by atoms with Crippen LogP contribution in [0.25, 0.3) is 32.1 Å². The Hall–Kier alpha value is -4.09. The van der Waals surface area contributed by atoms with E-state index >= 15 is 0 Å². The van der Waals surface area contributed by atoms with Crippen molar-refractivity contribution in [3.8, 4) is 16.3 Å². The highest BCUT2D eigenvalue weighted by atomic mass is 32.1. The predicted molar refractivity (Wildman–Crippen MR) is 114 cm³/mol.